The molecule has 4 aromatic rings. The summed E-state index contributed by atoms with van der Waals surface area (Å²) in [5.41, 5.74) is 4.64. The molecule has 0 spiro atoms. The van der Waals surface area contributed by atoms with Gasteiger partial charge in [-0.15, -0.1) is 0 Å². The van der Waals surface area contributed by atoms with Crippen LogP contribution < -0.4 is 15.0 Å². The van der Waals surface area contributed by atoms with Gasteiger partial charge in [0.25, 0.3) is 11.8 Å². The predicted octanol–water partition coefficient (Wildman–Crippen LogP) is 6.69. The third-order valence-electron chi connectivity index (χ3n) is 9.93. The second kappa shape index (κ2) is 17.3. The number of likely N-dealkylation sites (N-methyl/N-ethyl adjacent to an activating group) is 1. The van der Waals surface area contributed by atoms with Crippen LogP contribution in [0.3, 0.4) is 0 Å². The largest absolute Gasteiger partial charge is 0.496 e. The summed E-state index contributed by atoms with van der Waals surface area (Å²) in [4.78, 5) is 38.1. The van der Waals surface area contributed by atoms with Crippen LogP contribution >= 0.6 is 0 Å². The number of alkyl halides is 3. The van der Waals surface area contributed by atoms with Gasteiger partial charge in [-0.2, -0.15) is 13.2 Å². The number of carbonyl (C=O) groups excluding carboxylic acids is 2. The van der Waals surface area contributed by atoms with Crippen molar-refractivity contribution >= 4 is 17.5 Å². The number of piperidine rings is 1. The van der Waals surface area contributed by atoms with Gasteiger partial charge < -0.3 is 24.6 Å². The topological polar surface area (TPSA) is 87.2 Å². The number of rotatable bonds is 12. The number of hydrogen-bond acceptors (Lipinski definition) is 7. The molecule has 3 aromatic carbocycles. The molecular weight excluding hydrogens is 683 g/mol. The Morgan fingerprint density at radius 3 is 2.45 bits per heavy atom. The number of morpholine rings is 1. The first-order chi connectivity index (χ1) is 25.6. The molecule has 2 aliphatic heterocycles. The monoisotopic (exact) mass is 729 g/mol. The van der Waals surface area contributed by atoms with Crippen molar-refractivity contribution in [3.05, 3.63) is 112 Å². The number of ether oxygens (including phenoxy) is 2. The van der Waals surface area contributed by atoms with Gasteiger partial charge in [-0.1, -0.05) is 30.3 Å². The van der Waals surface area contributed by atoms with E-state index in [-0.39, 0.29) is 12.5 Å². The zero-order valence-corrected chi connectivity index (χ0v) is 30.3. The summed E-state index contributed by atoms with van der Waals surface area (Å²) in [5.74, 6) is -0.0361. The van der Waals surface area contributed by atoms with Gasteiger partial charge in [0.1, 0.15) is 5.75 Å². The van der Waals surface area contributed by atoms with E-state index in [0.29, 0.717) is 54.3 Å². The van der Waals surface area contributed by atoms with Crippen LogP contribution in [0.2, 0.25) is 0 Å². The van der Waals surface area contributed by atoms with Gasteiger partial charge in [-0.05, 0) is 78.4 Å². The molecular formula is C41H46F3N5O4. The summed E-state index contributed by atoms with van der Waals surface area (Å²) in [6.07, 6.45) is 0.938. The molecule has 1 aromatic heterocycles. The summed E-state index contributed by atoms with van der Waals surface area (Å²) in [5, 5.41) is 2.76. The Balaban J connectivity index is 1.26. The number of aromatic nitrogens is 1. The lowest BCUT2D eigenvalue weighted by Crippen LogP contribution is -2.42. The number of benzene rings is 3. The van der Waals surface area contributed by atoms with Crippen molar-refractivity contribution in [2.24, 2.45) is 0 Å². The molecule has 53 heavy (non-hydrogen) atoms. The maximum absolute atomic E-state index is 13.7. The minimum Gasteiger partial charge on any atom is -0.496 e. The lowest BCUT2D eigenvalue weighted by atomic mass is 9.94. The van der Waals surface area contributed by atoms with Gasteiger partial charge >= 0.3 is 6.18 Å². The normalized spacial score (nSPS) is 15.2. The Kier molecular flexibility index (Phi) is 12.3. The maximum Gasteiger partial charge on any atom is 0.416 e. The molecule has 6 rings (SSSR count). The van der Waals surface area contributed by atoms with Gasteiger partial charge in [-0.3, -0.25) is 19.5 Å². The van der Waals surface area contributed by atoms with Crippen LogP contribution in [0.4, 0.5) is 18.9 Å². The number of hydrogen-bond donors (Lipinski definition) is 1. The first kappa shape index (κ1) is 37.8. The molecule has 2 aliphatic rings. The smallest absolute Gasteiger partial charge is 0.416 e. The molecule has 12 heteroatoms. The number of pyridine rings is 1. The number of methoxy groups -OCH3 is 1. The van der Waals surface area contributed by atoms with E-state index in [1.165, 1.54) is 12.5 Å². The van der Waals surface area contributed by atoms with Gasteiger partial charge in [0.05, 0.1) is 37.1 Å². The zero-order valence-electron chi connectivity index (χ0n) is 30.3. The summed E-state index contributed by atoms with van der Waals surface area (Å²) >= 11 is 0. The van der Waals surface area contributed by atoms with E-state index in [1.807, 2.05) is 12.1 Å². The fourth-order valence-corrected chi connectivity index (χ4v) is 6.93. The van der Waals surface area contributed by atoms with Crippen molar-refractivity contribution < 1.29 is 32.2 Å². The first-order valence-corrected chi connectivity index (χ1v) is 18.1. The molecule has 2 fully saturated rings. The van der Waals surface area contributed by atoms with E-state index in [4.69, 9.17) is 9.47 Å². The summed E-state index contributed by atoms with van der Waals surface area (Å²) in [7, 11) is 3.38. The maximum atomic E-state index is 13.7. The number of nitrogens with one attached hydrogen (secondary N) is 1. The lowest BCUT2D eigenvalue weighted by Gasteiger charge is -2.29. The molecule has 0 saturated carbocycles. The van der Waals surface area contributed by atoms with Crippen molar-refractivity contribution in [3.63, 3.8) is 0 Å². The highest BCUT2D eigenvalue weighted by Gasteiger charge is 2.30. The summed E-state index contributed by atoms with van der Waals surface area (Å²) in [6.45, 7) is 6.26. The van der Waals surface area contributed by atoms with Crippen LogP contribution in [-0.4, -0.2) is 93.2 Å². The Morgan fingerprint density at radius 2 is 1.70 bits per heavy atom. The minimum atomic E-state index is -4.47. The number of amides is 2. The van der Waals surface area contributed by atoms with E-state index in [1.54, 1.807) is 49.5 Å². The van der Waals surface area contributed by atoms with Crippen LogP contribution in [-0.2, 0) is 23.9 Å². The molecule has 3 heterocycles. The van der Waals surface area contributed by atoms with Gasteiger partial charge in [0, 0.05) is 82.3 Å². The molecule has 9 nitrogen and oxygen atoms in total. The highest BCUT2D eigenvalue weighted by molar-refractivity contribution is 5.97. The minimum absolute atomic E-state index is 0.0621. The van der Waals surface area contributed by atoms with E-state index in [0.717, 1.165) is 80.1 Å². The highest BCUT2D eigenvalue weighted by atomic mass is 19.4. The van der Waals surface area contributed by atoms with E-state index in [2.05, 4.69) is 38.3 Å². The predicted molar refractivity (Wildman–Crippen MR) is 198 cm³/mol. The molecule has 1 N–H and O–H groups in total. The van der Waals surface area contributed by atoms with Crippen LogP contribution in [0.5, 0.6) is 5.75 Å². The van der Waals surface area contributed by atoms with Crippen molar-refractivity contribution in [2.45, 2.75) is 38.4 Å². The van der Waals surface area contributed by atoms with Crippen molar-refractivity contribution in [2.75, 3.05) is 71.5 Å². The van der Waals surface area contributed by atoms with E-state index >= 15 is 0 Å². The summed E-state index contributed by atoms with van der Waals surface area (Å²) < 4.78 is 51.1. The Labute approximate surface area is 308 Å². The van der Waals surface area contributed by atoms with E-state index < -0.39 is 17.6 Å². The molecule has 0 aliphatic carbocycles. The van der Waals surface area contributed by atoms with Crippen LogP contribution in [0.15, 0.2) is 79.0 Å². The average molecular weight is 730 g/mol. The fraction of sp³-hybridized carbons (Fsp3) is 0.390. The Bertz CT molecular complexity index is 1890. The molecule has 0 atom stereocenters. The van der Waals surface area contributed by atoms with Crippen molar-refractivity contribution in [3.8, 4) is 17.0 Å². The van der Waals surface area contributed by atoms with Crippen LogP contribution in [0.1, 0.15) is 62.2 Å². The average Bonchev–Trinajstić information content (AvgIpc) is 3.19. The first-order valence-electron chi connectivity index (χ1n) is 18.1. The van der Waals surface area contributed by atoms with Gasteiger partial charge in [0.15, 0.2) is 0 Å². The molecule has 0 bridgehead atoms. The molecule has 0 unspecified atom stereocenters. The number of halogens is 3. The van der Waals surface area contributed by atoms with Gasteiger partial charge in [-0.25, -0.2) is 0 Å². The number of carbonyl (C=O) groups is 2. The van der Waals surface area contributed by atoms with E-state index in [9.17, 15) is 22.8 Å². The van der Waals surface area contributed by atoms with Gasteiger partial charge in [0.2, 0.25) is 0 Å². The summed E-state index contributed by atoms with van der Waals surface area (Å²) in [6, 6.07) is 20.1. The second-order valence-corrected chi connectivity index (χ2v) is 13.6. The number of para-hydroxylation sites is 1. The molecule has 280 valence electrons. The highest BCUT2D eigenvalue weighted by Crippen LogP contribution is 2.34. The van der Waals surface area contributed by atoms with Crippen molar-refractivity contribution in [1.82, 2.24) is 20.1 Å². The van der Waals surface area contributed by atoms with Crippen LogP contribution in [0, 0.1) is 0 Å². The Hall–Kier alpha value is -4.94. The number of anilines is 1. The standard InChI is InChI=1S/C41H46F3N5O4/c1-47(18-19-48-20-22-53-23-21-48)40(51)35-11-7-9-31(38(35)52-2)25-30-12-13-34(49-16-4-3-5-17-49)27-36(30)37-26-32(14-15-45-37)39(50)46-28-29-8-6-10-33(24-29)41(42,43)44/h6-15,24,26-27H,3-5,16-23,25,28H2,1-2H3,(H,46,50). The lowest BCUT2D eigenvalue weighted by molar-refractivity contribution is -0.137. The number of nitrogens with zero attached hydrogens (tertiary/aromatic N) is 4. The molecule has 0 radical (unpaired) electrons. The van der Waals surface area contributed by atoms with Crippen LogP contribution in [0.25, 0.3) is 11.3 Å². The molecule has 2 amide bonds. The quantitative estimate of drug-likeness (QED) is 0.174. The Morgan fingerprint density at radius 1 is 0.925 bits per heavy atom. The second-order valence-electron chi connectivity index (χ2n) is 13.6. The zero-order chi connectivity index (χ0) is 37.4. The fourth-order valence-electron chi connectivity index (χ4n) is 6.93. The third kappa shape index (κ3) is 9.54. The molecule has 2 saturated heterocycles. The SMILES string of the molecule is COc1c(Cc2ccc(N3CCCCC3)cc2-c2cc(C(=O)NCc3cccc(C(F)(F)F)c3)ccn2)cccc1C(=O)N(C)CCN1CCOCC1. The third-order valence-corrected chi connectivity index (χ3v) is 9.93. The van der Waals surface area contributed by atoms with Crippen molar-refractivity contribution in [1.29, 1.82) is 0 Å².